The zero-order valence-corrected chi connectivity index (χ0v) is 12.2. The number of carbonyl (C=O) groups is 1. The molecule has 0 saturated carbocycles. The van der Waals surface area contributed by atoms with Gasteiger partial charge >= 0.3 is 0 Å². The normalized spacial score (nSPS) is 10.9. The number of unbranched alkanes of at least 4 members (excludes halogenated alkanes) is 1. The molecule has 0 saturated heterocycles. The van der Waals surface area contributed by atoms with Gasteiger partial charge in [0, 0.05) is 13.0 Å². The molecule has 6 heteroatoms. The second-order valence-electron chi connectivity index (χ2n) is 4.31. The average molecular weight is 270 g/mol. The Kier molecular flexibility index (Phi) is 6.82. The first kappa shape index (κ1) is 15.0. The monoisotopic (exact) mass is 270 g/mol. The zero-order valence-electron chi connectivity index (χ0n) is 11.4. The highest BCUT2D eigenvalue weighted by Gasteiger charge is 2.08. The van der Waals surface area contributed by atoms with Crippen molar-refractivity contribution in [1.82, 2.24) is 15.1 Å². The van der Waals surface area contributed by atoms with Crippen LogP contribution in [-0.2, 0) is 11.2 Å². The van der Waals surface area contributed by atoms with Gasteiger partial charge in [0.2, 0.25) is 11.0 Å². The van der Waals surface area contributed by atoms with Crippen molar-refractivity contribution in [2.45, 2.75) is 39.5 Å². The summed E-state index contributed by atoms with van der Waals surface area (Å²) in [6, 6.07) is 0. The number of hydrogen-bond donors (Lipinski definition) is 1. The maximum absolute atomic E-state index is 11.7. The number of aryl methyl sites for hydroxylation is 1. The Labute approximate surface area is 113 Å². The number of anilines is 1. The van der Waals surface area contributed by atoms with E-state index < -0.39 is 0 Å². The lowest BCUT2D eigenvalue weighted by Crippen LogP contribution is -2.25. The molecule has 1 amide bonds. The third-order valence-corrected chi connectivity index (χ3v) is 3.61. The Morgan fingerprint density at radius 3 is 2.72 bits per heavy atom. The Bertz CT molecular complexity index is 367. The largest absolute Gasteiger partial charge is 0.306 e. The Hall–Kier alpha value is -1.01. The van der Waals surface area contributed by atoms with Crippen LogP contribution in [0.25, 0.3) is 0 Å². The van der Waals surface area contributed by atoms with Crippen molar-refractivity contribution in [2.24, 2.45) is 0 Å². The van der Waals surface area contributed by atoms with Crippen LogP contribution in [0, 0.1) is 0 Å². The highest BCUT2D eigenvalue weighted by Crippen LogP contribution is 2.15. The molecular formula is C12H22N4OS. The molecule has 1 aromatic rings. The van der Waals surface area contributed by atoms with Gasteiger partial charge in [-0.2, -0.15) is 0 Å². The molecule has 1 N–H and O–H groups in total. The number of carbonyl (C=O) groups excluding carboxylic acids is 1. The molecule has 0 fully saturated rings. The smallest absolute Gasteiger partial charge is 0.227 e. The standard InChI is InChI=1S/C12H22N4OS/c1-4-6-8-16(3)9-7-10(17)13-12-15-14-11(5-2)18-12/h4-9H2,1-3H3,(H,13,15,17). The van der Waals surface area contributed by atoms with Crippen LogP contribution in [-0.4, -0.2) is 41.1 Å². The van der Waals surface area contributed by atoms with Gasteiger partial charge in [-0.3, -0.25) is 4.79 Å². The number of nitrogens with one attached hydrogen (secondary N) is 1. The second-order valence-corrected chi connectivity index (χ2v) is 5.37. The Morgan fingerprint density at radius 1 is 1.33 bits per heavy atom. The van der Waals surface area contributed by atoms with Crippen LogP contribution in [0.3, 0.4) is 0 Å². The van der Waals surface area contributed by atoms with Crippen molar-refractivity contribution in [2.75, 3.05) is 25.5 Å². The van der Waals surface area contributed by atoms with Crippen LogP contribution in [0.5, 0.6) is 0 Å². The molecule has 0 bridgehead atoms. The van der Waals surface area contributed by atoms with Gasteiger partial charge in [0.25, 0.3) is 0 Å². The highest BCUT2D eigenvalue weighted by molar-refractivity contribution is 7.15. The number of rotatable bonds is 8. The molecule has 0 unspecified atom stereocenters. The molecular weight excluding hydrogens is 248 g/mol. The zero-order chi connectivity index (χ0) is 13.4. The maximum atomic E-state index is 11.7. The maximum Gasteiger partial charge on any atom is 0.227 e. The molecule has 102 valence electrons. The van der Waals surface area contributed by atoms with E-state index in [0.29, 0.717) is 11.6 Å². The minimum absolute atomic E-state index is 0.0113. The van der Waals surface area contributed by atoms with Gasteiger partial charge < -0.3 is 10.2 Å². The fraction of sp³-hybridized carbons (Fsp3) is 0.750. The predicted octanol–water partition coefficient (Wildman–Crippen LogP) is 2.16. The Morgan fingerprint density at radius 2 is 2.11 bits per heavy atom. The van der Waals surface area contributed by atoms with Crippen LogP contribution in [0.15, 0.2) is 0 Å². The average Bonchev–Trinajstić information content (AvgIpc) is 2.81. The number of amides is 1. The number of nitrogens with zero attached hydrogens (tertiary/aromatic N) is 3. The summed E-state index contributed by atoms with van der Waals surface area (Å²) in [6.07, 6.45) is 3.71. The van der Waals surface area contributed by atoms with Gasteiger partial charge in [-0.25, -0.2) is 0 Å². The van der Waals surface area contributed by atoms with E-state index in [9.17, 15) is 4.79 Å². The van der Waals surface area contributed by atoms with E-state index in [2.05, 4.69) is 27.3 Å². The molecule has 0 aliphatic heterocycles. The first-order valence-corrected chi connectivity index (χ1v) is 7.28. The SMILES string of the molecule is CCCCN(C)CCC(=O)Nc1nnc(CC)s1. The minimum atomic E-state index is 0.0113. The third-order valence-electron chi connectivity index (χ3n) is 2.63. The molecule has 5 nitrogen and oxygen atoms in total. The highest BCUT2D eigenvalue weighted by atomic mass is 32.1. The molecule has 0 aliphatic rings. The van der Waals surface area contributed by atoms with Gasteiger partial charge in [0.15, 0.2) is 0 Å². The molecule has 1 aromatic heterocycles. The van der Waals surface area contributed by atoms with Crippen LogP contribution in [0.1, 0.15) is 38.1 Å². The summed E-state index contributed by atoms with van der Waals surface area (Å²) in [4.78, 5) is 13.9. The van der Waals surface area contributed by atoms with Crippen LogP contribution >= 0.6 is 11.3 Å². The summed E-state index contributed by atoms with van der Waals surface area (Å²) in [6.45, 7) is 6.02. The number of hydrogen-bond acceptors (Lipinski definition) is 5. The summed E-state index contributed by atoms with van der Waals surface area (Å²) in [7, 11) is 2.04. The molecule has 1 heterocycles. The lowest BCUT2D eigenvalue weighted by molar-refractivity contribution is -0.116. The van der Waals surface area contributed by atoms with E-state index in [0.717, 1.165) is 24.5 Å². The van der Waals surface area contributed by atoms with Crippen molar-refractivity contribution in [1.29, 1.82) is 0 Å². The van der Waals surface area contributed by atoms with E-state index >= 15 is 0 Å². The Balaban J connectivity index is 2.24. The van der Waals surface area contributed by atoms with E-state index in [1.54, 1.807) is 0 Å². The van der Waals surface area contributed by atoms with Gasteiger partial charge in [0.05, 0.1) is 0 Å². The van der Waals surface area contributed by atoms with E-state index in [1.807, 2.05) is 14.0 Å². The molecule has 1 rings (SSSR count). The fourth-order valence-electron chi connectivity index (χ4n) is 1.46. The van der Waals surface area contributed by atoms with Gasteiger partial charge in [-0.15, -0.1) is 10.2 Å². The van der Waals surface area contributed by atoms with E-state index in [-0.39, 0.29) is 5.91 Å². The molecule has 0 aliphatic carbocycles. The molecule has 0 aromatic carbocycles. The summed E-state index contributed by atoms with van der Waals surface area (Å²) in [5.41, 5.74) is 0. The molecule has 0 atom stereocenters. The lowest BCUT2D eigenvalue weighted by Gasteiger charge is -2.15. The van der Waals surface area contributed by atoms with Crippen molar-refractivity contribution in [3.05, 3.63) is 5.01 Å². The number of aromatic nitrogens is 2. The van der Waals surface area contributed by atoms with Crippen LogP contribution < -0.4 is 5.32 Å². The summed E-state index contributed by atoms with van der Waals surface area (Å²) in [5, 5.41) is 12.2. The van der Waals surface area contributed by atoms with Crippen molar-refractivity contribution in [3.63, 3.8) is 0 Å². The van der Waals surface area contributed by atoms with E-state index in [1.165, 1.54) is 24.2 Å². The van der Waals surface area contributed by atoms with Gasteiger partial charge in [0.1, 0.15) is 5.01 Å². The van der Waals surface area contributed by atoms with Gasteiger partial charge in [-0.05, 0) is 26.4 Å². The van der Waals surface area contributed by atoms with E-state index in [4.69, 9.17) is 0 Å². The molecule has 0 spiro atoms. The van der Waals surface area contributed by atoms with Crippen LogP contribution in [0.4, 0.5) is 5.13 Å². The lowest BCUT2D eigenvalue weighted by atomic mass is 10.3. The first-order valence-electron chi connectivity index (χ1n) is 6.46. The van der Waals surface area contributed by atoms with Crippen molar-refractivity contribution in [3.8, 4) is 0 Å². The fourth-order valence-corrected chi connectivity index (χ4v) is 2.16. The first-order chi connectivity index (χ1) is 8.65. The summed E-state index contributed by atoms with van der Waals surface area (Å²) < 4.78 is 0. The summed E-state index contributed by atoms with van der Waals surface area (Å²) in [5.74, 6) is 0.0113. The van der Waals surface area contributed by atoms with Crippen LogP contribution in [0.2, 0.25) is 0 Å². The molecule has 18 heavy (non-hydrogen) atoms. The summed E-state index contributed by atoms with van der Waals surface area (Å²) >= 11 is 1.44. The van der Waals surface area contributed by atoms with Gasteiger partial charge in [-0.1, -0.05) is 31.6 Å². The minimum Gasteiger partial charge on any atom is -0.306 e. The second kappa shape index (κ2) is 8.16. The molecule has 0 radical (unpaired) electrons. The van der Waals surface area contributed by atoms with Crippen molar-refractivity contribution < 1.29 is 4.79 Å². The van der Waals surface area contributed by atoms with Crippen molar-refractivity contribution >= 4 is 22.4 Å². The predicted molar refractivity (Wildman–Crippen MR) is 74.9 cm³/mol. The third kappa shape index (κ3) is 5.55. The topological polar surface area (TPSA) is 58.1 Å². The quantitative estimate of drug-likeness (QED) is 0.786.